The number of ether oxygens (including phenoxy) is 1. The molecule has 144 valence electrons. The predicted molar refractivity (Wildman–Crippen MR) is 110 cm³/mol. The average Bonchev–Trinajstić information content (AvgIpc) is 2.80. The van der Waals surface area contributed by atoms with Crippen molar-refractivity contribution < 1.29 is 9.13 Å². The van der Waals surface area contributed by atoms with E-state index in [0.717, 1.165) is 23.4 Å². The highest BCUT2D eigenvalue weighted by atomic mass is 19.1. The van der Waals surface area contributed by atoms with Gasteiger partial charge < -0.3 is 4.74 Å². The van der Waals surface area contributed by atoms with Crippen molar-refractivity contribution in [3.63, 3.8) is 0 Å². The first-order chi connectivity index (χ1) is 12.6. The van der Waals surface area contributed by atoms with E-state index in [1.165, 1.54) is 17.7 Å². The molecule has 0 amide bonds. The van der Waals surface area contributed by atoms with Gasteiger partial charge in [-0.25, -0.2) is 9.37 Å². The first kappa shape index (κ1) is 19.6. The molecule has 0 radical (unpaired) electrons. The molecule has 0 bridgehead atoms. The number of hydrogen-bond donors (Lipinski definition) is 0. The molecule has 0 spiro atoms. The van der Waals surface area contributed by atoms with Gasteiger partial charge in [-0.1, -0.05) is 53.7 Å². The number of rotatable bonds is 5. The average molecular weight is 368 g/mol. The molecule has 0 saturated carbocycles. The van der Waals surface area contributed by atoms with Crippen LogP contribution >= 0.6 is 0 Å². The van der Waals surface area contributed by atoms with Gasteiger partial charge in [-0.15, -0.1) is 0 Å². The van der Waals surface area contributed by atoms with Gasteiger partial charge in [0.15, 0.2) is 0 Å². The zero-order chi connectivity index (χ0) is 19.8. The van der Waals surface area contributed by atoms with Gasteiger partial charge in [0.05, 0.1) is 18.0 Å². The predicted octanol–water partition coefficient (Wildman–Crippen LogP) is 6.76. The van der Waals surface area contributed by atoms with E-state index in [1.54, 1.807) is 0 Å². The summed E-state index contributed by atoms with van der Waals surface area (Å²) < 4.78 is 19.9. The first-order valence-corrected chi connectivity index (χ1v) is 9.70. The van der Waals surface area contributed by atoms with Crippen molar-refractivity contribution in [1.82, 2.24) is 4.98 Å². The largest absolute Gasteiger partial charge is 0.493 e. The first-order valence-electron chi connectivity index (χ1n) is 9.70. The fourth-order valence-electron chi connectivity index (χ4n) is 4.09. The van der Waals surface area contributed by atoms with E-state index in [1.807, 2.05) is 24.3 Å². The molecule has 0 N–H and O–H groups in total. The van der Waals surface area contributed by atoms with Crippen LogP contribution in [0, 0.1) is 22.6 Å². The molecule has 1 heterocycles. The lowest BCUT2D eigenvalue weighted by atomic mass is 9.80. The Morgan fingerprint density at radius 1 is 1.07 bits per heavy atom. The molecule has 1 aliphatic rings. The van der Waals surface area contributed by atoms with Gasteiger partial charge in [0, 0.05) is 11.6 Å². The van der Waals surface area contributed by atoms with Crippen LogP contribution in [0.4, 0.5) is 4.39 Å². The molecule has 2 nitrogen and oxygen atoms in total. The molecule has 0 aliphatic heterocycles. The Hall–Kier alpha value is -2.16. The van der Waals surface area contributed by atoms with Gasteiger partial charge in [0.2, 0.25) is 0 Å². The molecular weight excluding hydrogens is 337 g/mol. The second-order valence-electron chi connectivity index (χ2n) is 9.40. The standard InChI is InChI=1S/C24H30FNO/c1-16(2)14-27-19-11-17(10-18(25)12-19)21-8-7-9-22(26-21)20-13-23(3,4)15-24(20,5)6/h7-13,16H,14-15H2,1-6H3. The van der Waals surface area contributed by atoms with Crippen LogP contribution in [0.1, 0.15) is 53.7 Å². The number of aromatic nitrogens is 1. The highest BCUT2D eigenvalue weighted by molar-refractivity contribution is 5.73. The number of benzene rings is 1. The van der Waals surface area contributed by atoms with Gasteiger partial charge in [0.25, 0.3) is 0 Å². The Morgan fingerprint density at radius 2 is 1.78 bits per heavy atom. The monoisotopic (exact) mass is 367 g/mol. The Labute approximate surface area is 162 Å². The highest BCUT2D eigenvalue weighted by Crippen LogP contribution is 2.51. The van der Waals surface area contributed by atoms with Crippen molar-refractivity contribution in [2.24, 2.45) is 16.7 Å². The van der Waals surface area contributed by atoms with Crippen LogP contribution in [-0.2, 0) is 0 Å². The third kappa shape index (κ3) is 4.58. The quantitative estimate of drug-likeness (QED) is 0.582. The Kier molecular flexibility index (Phi) is 5.16. The minimum Gasteiger partial charge on any atom is -0.493 e. The second kappa shape index (κ2) is 7.10. The summed E-state index contributed by atoms with van der Waals surface area (Å²) in [6, 6.07) is 10.8. The summed E-state index contributed by atoms with van der Waals surface area (Å²) in [7, 11) is 0. The zero-order valence-electron chi connectivity index (χ0n) is 17.3. The second-order valence-corrected chi connectivity index (χ2v) is 9.40. The Morgan fingerprint density at radius 3 is 2.41 bits per heavy atom. The SMILES string of the molecule is CC(C)COc1cc(F)cc(-c2cccc(C3=CC(C)(C)CC3(C)C)n2)c1. The number of hydrogen-bond acceptors (Lipinski definition) is 2. The summed E-state index contributed by atoms with van der Waals surface area (Å²) in [5.41, 5.74) is 3.98. The number of pyridine rings is 1. The minimum atomic E-state index is -0.306. The summed E-state index contributed by atoms with van der Waals surface area (Å²) in [5, 5.41) is 0. The van der Waals surface area contributed by atoms with E-state index in [-0.39, 0.29) is 16.6 Å². The van der Waals surface area contributed by atoms with Crippen molar-refractivity contribution in [2.45, 2.75) is 48.0 Å². The minimum absolute atomic E-state index is 0.0720. The molecule has 0 fully saturated rings. The van der Waals surface area contributed by atoms with E-state index in [9.17, 15) is 4.39 Å². The maximum atomic E-state index is 14.1. The lowest BCUT2D eigenvalue weighted by Gasteiger charge is -2.25. The summed E-state index contributed by atoms with van der Waals surface area (Å²) in [6.07, 6.45) is 3.43. The Balaban J connectivity index is 1.97. The molecule has 3 rings (SSSR count). The molecular formula is C24H30FNO. The lowest BCUT2D eigenvalue weighted by molar-refractivity contribution is 0.270. The van der Waals surface area contributed by atoms with Crippen LogP contribution in [0.2, 0.25) is 0 Å². The number of halogens is 1. The topological polar surface area (TPSA) is 22.1 Å². The van der Waals surface area contributed by atoms with Crippen LogP contribution in [0.5, 0.6) is 5.75 Å². The molecule has 0 saturated heterocycles. The van der Waals surface area contributed by atoms with Gasteiger partial charge in [-0.2, -0.15) is 0 Å². The van der Waals surface area contributed by atoms with Crippen molar-refractivity contribution in [1.29, 1.82) is 0 Å². The molecule has 3 heteroatoms. The van der Waals surface area contributed by atoms with Crippen LogP contribution in [0.15, 0.2) is 42.5 Å². The molecule has 0 atom stereocenters. The summed E-state index contributed by atoms with van der Waals surface area (Å²) in [6.45, 7) is 13.8. The van der Waals surface area contributed by atoms with E-state index in [2.05, 4.69) is 47.6 Å². The fraction of sp³-hybridized carbons (Fsp3) is 0.458. The van der Waals surface area contributed by atoms with E-state index in [0.29, 0.717) is 18.3 Å². The third-order valence-electron chi connectivity index (χ3n) is 4.94. The Bertz CT molecular complexity index is 864. The van der Waals surface area contributed by atoms with Crippen molar-refractivity contribution in [2.75, 3.05) is 6.61 Å². The van der Waals surface area contributed by atoms with Gasteiger partial charge in [-0.3, -0.25) is 0 Å². The van der Waals surface area contributed by atoms with E-state index in [4.69, 9.17) is 9.72 Å². The molecule has 1 aliphatic carbocycles. The maximum absolute atomic E-state index is 14.1. The fourth-order valence-corrected chi connectivity index (χ4v) is 4.09. The lowest BCUT2D eigenvalue weighted by Crippen LogP contribution is -2.14. The van der Waals surface area contributed by atoms with Gasteiger partial charge >= 0.3 is 0 Å². The number of allylic oxidation sites excluding steroid dienone is 2. The van der Waals surface area contributed by atoms with Gasteiger partial charge in [0.1, 0.15) is 11.6 Å². The van der Waals surface area contributed by atoms with Crippen LogP contribution in [0.3, 0.4) is 0 Å². The third-order valence-corrected chi connectivity index (χ3v) is 4.94. The summed E-state index contributed by atoms with van der Waals surface area (Å²) in [4.78, 5) is 4.87. The van der Waals surface area contributed by atoms with Crippen LogP contribution in [0.25, 0.3) is 16.8 Å². The van der Waals surface area contributed by atoms with Gasteiger partial charge in [-0.05, 0) is 53.0 Å². The van der Waals surface area contributed by atoms with E-state index < -0.39 is 0 Å². The normalized spacial score (nSPS) is 17.9. The van der Waals surface area contributed by atoms with E-state index >= 15 is 0 Å². The summed E-state index contributed by atoms with van der Waals surface area (Å²) in [5.74, 6) is 0.630. The van der Waals surface area contributed by atoms with Crippen molar-refractivity contribution in [3.8, 4) is 17.0 Å². The molecule has 27 heavy (non-hydrogen) atoms. The smallest absolute Gasteiger partial charge is 0.127 e. The molecule has 2 aromatic rings. The highest BCUT2D eigenvalue weighted by Gasteiger charge is 2.38. The molecule has 1 aromatic carbocycles. The van der Waals surface area contributed by atoms with Crippen molar-refractivity contribution in [3.05, 3.63) is 54.0 Å². The summed E-state index contributed by atoms with van der Waals surface area (Å²) >= 11 is 0. The van der Waals surface area contributed by atoms with Crippen LogP contribution in [-0.4, -0.2) is 11.6 Å². The molecule has 0 unspecified atom stereocenters. The maximum Gasteiger partial charge on any atom is 0.127 e. The molecule has 1 aromatic heterocycles. The van der Waals surface area contributed by atoms with Crippen LogP contribution < -0.4 is 4.74 Å². The zero-order valence-corrected chi connectivity index (χ0v) is 17.3. The number of nitrogens with zero attached hydrogens (tertiary/aromatic N) is 1. The van der Waals surface area contributed by atoms with Crippen molar-refractivity contribution >= 4 is 5.57 Å².